The van der Waals surface area contributed by atoms with Gasteiger partial charge in [0, 0.05) is 20.1 Å². The van der Waals surface area contributed by atoms with Crippen LogP contribution < -0.4 is 5.73 Å². The summed E-state index contributed by atoms with van der Waals surface area (Å²) in [6.07, 6.45) is 4.26. The molecule has 3 nitrogen and oxygen atoms in total. The van der Waals surface area contributed by atoms with Crippen molar-refractivity contribution in [3.8, 4) is 0 Å². The Bertz CT molecular complexity index is 185. The number of nitrogens with two attached hydrogens (primary N) is 1. The average Bonchev–Trinajstić information content (AvgIpc) is 2.65. The van der Waals surface area contributed by atoms with Gasteiger partial charge in [-0.1, -0.05) is 12.8 Å². The standard InChI is InChI=1S/C10H20N2O/c1-3-12(2)9(13)10(8-11)6-4-5-7-10/h3-8,11H2,1-2H3. The van der Waals surface area contributed by atoms with Crippen molar-refractivity contribution in [3.63, 3.8) is 0 Å². The smallest absolute Gasteiger partial charge is 0.229 e. The van der Waals surface area contributed by atoms with E-state index in [9.17, 15) is 4.79 Å². The summed E-state index contributed by atoms with van der Waals surface area (Å²) in [4.78, 5) is 13.8. The third-order valence-electron chi connectivity index (χ3n) is 3.23. The Morgan fingerprint density at radius 3 is 2.38 bits per heavy atom. The Morgan fingerprint density at radius 1 is 1.46 bits per heavy atom. The monoisotopic (exact) mass is 184 g/mol. The maximum Gasteiger partial charge on any atom is 0.229 e. The number of nitrogens with zero attached hydrogens (tertiary/aromatic N) is 1. The van der Waals surface area contributed by atoms with E-state index in [2.05, 4.69) is 0 Å². The first kappa shape index (κ1) is 10.5. The number of rotatable bonds is 3. The Hall–Kier alpha value is -0.570. The second-order valence-electron chi connectivity index (χ2n) is 4.01. The van der Waals surface area contributed by atoms with Gasteiger partial charge in [-0.2, -0.15) is 0 Å². The third kappa shape index (κ3) is 1.85. The molecule has 0 radical (unpaired) electrons. The highest BCUT2D eigenvalue weighted by atomic mass is 16.2. The molecule has 1 aliphatic rings. The minimum Gasteiger partial charge on any atom is -0.346 e. The molecule has 0 aliphatic heterocycles. The molecule has 0 aromatic heterocycles. The van der Waals surface area contributed by atoms with Crippen LogP contribution in [-0.4, -0.2) is 30.9 Å². The van der Waals surface area contributed by atoms with Gasteiger partial charge in [0.25, 0.3) is 0 Å². The SMILES string of the molecule is CCN(C)C(=O)C1(CN)CCCC1. The maximum absolute atomic E-state index is 12.0. The van der Waals surface area contributed by atoms with E-state index in [0.29, 0.717) is 6.54 Å². The van der Waals surface area contributed by atoms with E-state index in [1.54, 1.807) is 4.90 Å². The summed E-state index contributed by atoms with van der Waals surface area (Å²) in [6, 6.07) is 0. The molecule has 1 amide bonds. The van der Waals surface area contributed by atoms with E-state index in [4.69, 9.17) is 5.73 Å². The van der Waals surface area contributed by atoms with Crippen molar-refractivity contribution in [2.75, 3.05) is 20.1 Å². The molecule has 0 aromatic rings. The number of amides is 1. The van der Waals surface area contributed by atoms with Crippen LogP contribution in [0, 0.1) is 5.41 Å². The van der Waals surface area contributed by atoms with Crippen LogP contribution in [0.3, 0.4) is 0 Å². The van der Waals surface area contributed by atoms with Crippen LogP contribution >= 0.6 is 0 Å². The minimum absolute atomic E-state index is 0.217. The molecule has 3 heteroatoms. The number of carbonyl (C=O) groups is 1. The van der Waals surface area contributed by atoms with Crippen LogP contribution in [0.5, 0.6) is 0 Å². The highest BCUT2D eigenvalue weighted by molar-refractivity contribution is 5.83. The molecule has 1 aliphatic carbocycles. The van der Waals surface area contributed by atoms with Gasteiger partial charge in [-0.15, -0.1) is 0 Å². The van der Waals surface area contributed by atoms with Crippen molar-refractivity contribution in [3.05, 3.63) is 0 Å². The second-order valence-corrected chi connectivity index (χ2v) is 4.01. The Balaban J connectivity index is 2.70. The molecule has 1 fully saturated rings. The van der Waals surface area contributed by atoms with Gasteiger partial charge in [-0.25, -0.2) is 0 Å². The first-order chi connectivity index (χ1) is 6.16. The molecule has 0 aromatic carbocycles. The molecular weight excluding hydrogens is 164 g/mol. The highest BCUT2D eigenvalue weighted by Crippen LogP contribution is 2.38. The largest absolute Gasteiger partial charge is 0.346 e. The molecule has 2 N–H and O–H groups in total. The molecule has 0 unspecified atom stereocenters. The van der Waals surface area contributed by atoms with Crippen LogP contribution in [0.4, 0.5) is 0 Å². The zero-order valence-corrected chi connectivity index (χ0v) is 8.68. The molecule has 13 heavy (non-hydrogen) atoms. The van der Waals surface area contributed by atoms with Gasteiger partial charge in [0.2, 0.25) is 5.91 Å². The Labute approximate surface area is 80.3 Å². The zero-order valence-electron chi connectivity index (χ0n) is 8.68. The average molecular weight is 184 g/mol. The molecular formula is C10H20N2O. The van der Waals surface area contributed by atoms with Crippen LogP contribution in [0.1, 0.15) is 32.6 Å². The summed E-state index contributed by atoms with van der Waals surface area (Å²) < 4.78 is 0. The summed E-state index contributed by atoms with van der Waals surface area (Å²) in [5.74, 6) is 0.245. The van der Waals surface area contributed by atoms with E-state index in [1.807, 2.05) is 14.0 Å². The van der Waals surface area contributed by atoms with E-state index >= 15 is 0 Å². The van der Waals surface area contributed by atoms with Crippen molar-refractivity contribution in [1.82, 2.24) is 4.90 Å². The normalized spacial score (nSPS) is 20.2. The molecule has 0 atom stereocenters. The summed E-state index contributed by atoms with van der Waals surface area (Å²) >= 11 is 0. The predicted molar refractivity (Wildman–Crippen MR) is 53.3 cm³/mol. The first-order valence-corrected chi connectivity index (χ1v) is 5.12. The van der Waals surface area contributed by atoms with Gasteiger partial charge >= 0.3 is 0 Å². The van der Waals surface area contributed by atoms with Crippen molar-refractivity contribution < 1.29 is 4.79 Å². The zero-order chi connectivity index (χ0) is 9.90. The molecule has 0 spiro atoms. The number of hydrogen-bond donors (Lipinski definition) is 1. The fourth-order valence-corrected chi connectivity index (χ4v) is 2.11. The summed E-state index contributed by atoms with van der Waals surface area (Å²) in [5, 5.41) is 0. The molecule has 0 bridgehead atoms. The van der Waals surface area contributed by atoms with Crippen molar-refractivity contribution >= 4 is 5.91 Å². The fraction of sp³-hybridized carbons (Fsp3) is 0.900. The summed E-state index contributed by atoms with van der Waals surface area (Å²) in [7, 11) is 1.86. The van der Waals surface area contributed by atoms with E-state index in [-0.39, 0.29) is 11.3 Å². The van der Waals surface area contributed by atoms with E-state index in [1.165, 1.54) is 0 Å². The minimum atomic E-state index is -0.217. The summed E-state index contributed by atoms with van der Waals surface area (Å²) in [6.45, 7) is 3.29. The van der Waals surface area contributed by atoms with Gasteiger partial charge in [0.15, 0.2) is 0 Å². The van der Waals surface area contributed by atoms with Crippen LogP contribution in [0.15, 0.2) is 0 Å². The van der Waals surface area contributed by atoms with Crippen molar-refractivity contribution in [1.29, 1.82) is 0 Å². The molecule has 76 valence electrons. The molecule has 1 saturated carbocycles. The lowest BCUT2D eigenvalue weighted by molar-refractivity contribution is -0.139. The number of carbonyl (C=O) groups excluding carboxylic acids is 1. The van der Waals surface area contributed by atoms with E-state index in [0.717, 1.165) is 32.2 Å². The maximum atomic E-state index is 12.0. The topological polar surface area (TPSA) is 46.3 Å². The second kappa shape index (κ2) is 4.09. The molecule has 0 saturated heterocycles. The van der Waals surface area contributed by atoms with E-state index < -0.39 is 0 Å². The van der Waals surface area contributed by atoms with Crippen molar-refractivity contribution in [2.24, 2.45) is 11.1 Å². The van der Waals surface area contributed by atoms with Gasteiger partial charge in [0.1, 0.15) is 0 Å². The predicted octanol–water partition coefficient (Wildman–Crippen LogP) is 0.984. The first-order valence-electron chi connectivity index (χ1n) is 5.12. The lowest BCUT2D eigenvalue weighted by Gasteiger charge is -2.30. The van der Waals surface area contributed by atoms with Gasteiger partial charge in [0.05, 0.1) is 5.41 Å². The van der Waals surface area contributed by atoms with Crippen molar-refractivity contribution in [2.45, 2.75) is 32.6 Å². The van der Waals surface area contributed by atoms with Gasteiger partial charge < -0.3 is 10.6 Å². The lowest BCUT2D eigenvalue weighted by atomic mass is 9.85. The van der Waals surface area contributed by atoms with Gasteiger partial charge in [-0.3, -0.25) is 4.79 Å². The Kier molecular flexibility index (Phi) is 3.31. The third-order valence-corrected chi connectivity index (χ3v) is 3.23. The van der Waals surface area contributed by atoms with Gasteiger partial charge in [-0.05, 0) is 19.8 Å². The van der Waals surface area contributed by atoms with Crippen LogP contribution in [0.25, 0.3) is 0 Å². The van der Waals surface area contributed by atoms with Crippen LogP contribution in [0.2, 0.25) is 0 Å². The highest BCUT2D eigenvalue weighted by Gasteiger charge is 2.40. The summed E-state index contributed by atoms with van der Waals surface area (Å²) in [5.41, 5.74) is 5.50. The lowest BCUT2D eigenvalue weighted by Crippen LogP contribution is -2.44. The Morgan fingerprint density at radius 2 is 2.00 bits per heavy atom. The fourth-order valence-electron chi connectivity index (χ4n) is 2.11. The molecule has 1 rings (SSSR count). The van der Waals surface area contributed by atoms with Crippen LogP contribution in [-0.2, 0) is 4.79 Å². The quantitative estimate of drug-likeness (QED) is 0.711. The molecule has 0 heterocycles. The number of hydrogen-bond acceptors (Lipinski definition) is 2.